The lowest BCUT2D eigenvalue weighted by molar-refractivity contribution is 0.483. The van der Waals surface area contributed by atoms with E-state index in [0.29, 0.717) is 5.69 Å². The van der Waals surface area contributed by atoms with E-state index in [1.807, 2.05) is 0 Å². The minimum absolute atomic E-state index is 0.115. The van der Waals surface area contributed by atoms with E-state index in [-0.39, 0.29) is 4.90 Å². The van der Waals surface area contributed by atoms with Crippen LogP contribution < -0.4 is 5.32 Å². The van der Waals surface area contributed by atoms with Crippen LogP contribution >= 0.6 is 0 Å². The van der Waals surface area contributed by atoms with Crippen LogP contribution in [0.15, 0.2) is 41.4 Å². The first kappa shape index (κ1) is 9.95. The number of fused-ring (bicyclic) bond motifs is 1. The van der Waals surface area contributed by atoms with Crippen LogP contribution in [0.3, 0.4) is 0 Å². The molecule has 0 saturated heterocycles. The second-order valence-corrected chi connectivity index (χ2v) is 4.45. The van der Waals surface area contributed by atoms with Crippen molar-refractivity contribution in [3.05, 3.63) is 42.1 Å². The Hall–Kier alpha value is -1.59. The zero-order chi connectivity index (χ0) is 10.9. The molecule has 1 aromatic carbocycles. The predicted molar refractivity (Wildman–Crippen MR) is 58.1 cm³/mol. The van der Waals surface area contributed by atoms with E-state index in [1.165, 1.54) is 6.07 Å². The zero-order valence-electron chi connectivity index (χ0n) is 7.71. The van der Waals surface area contributed by atoms with E-state index in [2.05, 4.69) is 5.32 Å². The molecule has 78 valence electrons. The maximum Gasteiger partial charge on any atom is 0.296 e. The lowest BCUT2D eigenvalue weighted by atomic mass is 10.1. The van der Waals surface area contributed by atoms with E-state index in [4.69, 9.17) is 4.55 Å². The molecule has 0 spiro atoms. The monoisotopic (exact) mass is 223 g/mol. The Morgan fingerprint density at radius 3 is 2.73 bits per heavy atom. The van der Waals surface area contributed by atoms with Crippen LogP contribution in [0.2, 0.25) is 0 Å². The van der Waals surface area contributed by atoms with Gasteiger partial charge in [-0.05, 0) is 17.7 Å². The summed E-state index contributed by atoms with van der Waals surface area (Å²) in [6.07, 6.45) is 6.90. The van der Waals surface area contributed by atoms with E-state index in [9.17, 15) is 8.42 Å². The number of rotatable bonds is 1. The minimum Gasteiger partial charge on any atom is -0.360 e. The molecule has 1 aromatic rings. The summed E-state index contributed by atoms with van der Waals surface area (Å²) < 4.78 is 31.2. The quantitative estimate of drug-likeness (QED) is 0.713. The Bertz CT molecular complexity index is 544. The number of hydrogen-bond acceptors (Lipinski definition) is 3. The molecule has 0 saturated carbocycles. The van der Waals surface area contributed by atoms with Crippen molar-refractivity contribution < 1.29 is 13.0 Å². The average Bonchev–Trinajstić information content (AvgIpc) is 2.39. The number of nitrogens with one attached hydrogen (secondary N) is 1. The van der Waals surface area contributed by atoms with Gasteiger partial charge in [-0.15, -0.1) is 0 Å². The third-order valence-electron chi connectivity index (χ3n) is 2.05. The van der Waals surface area contributed by atoms with Crippen molar-refractivity contribution in [1.29, 1.82) is 0 Å². The first-order valence-corrected chi connectivity index (χ1v) is 5.73. The highest BCUT2D eigenvalue weighted by Gasteiger charge is 2.16. The Balaban J connectivity index is 2.70. The summed E-state index contributed by atoms with van der Waals surface area (Å²) >= 11 is 0. The Kier molecular flexibility index (Phi) is 2.34. The Labute approximate surface area is 87.7 Å². The standard InChI is InChI=1S/C10H9NO3S/c12-15(13,14)9-6-3-5-8-4-1-2-7-11-10(8)9/h1-7,11H,(H,12,13,14). The van der Waals surface area contributed by atoms with Gasteiger partial charge in [-0.25, -0.2) is 0 Å². The molecule has 0 unspecified atom stereocenters. The fraction of sp³-hybridized carbons (Fsp3) is 0. The third kappa shape index (κ3) is 1.93. The summed E-state index contributed by atoms with van der Waals surface area (Å²) in [6.45, 7) is 0. The van der Waals surface area contributed by atoms with Crippen LogP contribution in [-0.4, -0.2) is 13.0 Å². The summed E-state index contributed by atoms with van der Waals surface area (Å²) in [7, 11) is -4.19. The molecule has 2 N–H and O–H groups in total. The molecule has 0 bridgehead atoms. The van der Waals surface area contributed by atoms with E-state index < -0.39 is 10.1 Å². The van der Waals surface area contributed by atoms with Crippen molar-refractivity contribution in [3.8, 4) is 0 Å². The maximum absolute atomic E-state index is 11.1. The van der Waals surface area contributed by atoms with Crippen LogP contribution in [0.1, 0.15) is 5.56 Å². The van der Waals surface area contributed by atoms with Crippen molar-refractivity contribution in [2.45, 2.75) is 4.90 Å². The van der Waals surface area contributed by atoms with Gasteiger partial charge in [0.05, 0.1) is 5.69 Å². The molecule has 0 aromatic heterocycles. The van der Waals surface area contributed by atoms with Crippen molar-refractivity contribution >= 4 is 21.9 Å². The Morgan fingerprint density at radius 1 is 1.20 bits per heavy atom. The van der Waals surface area contributed by atoms with Crippen LogP contribution in [0.4, 0.5) is 5.69 Å². The Morgan fingerprint density at radius 2 is 2.00 bits per heavy atom. The molecule has 1 aliphatic rings. The molecule has 2 rings (SSSR count). The van der Waals surface area contributed by atoms with Gasteiger partial charge in [0.2, 0.25) is 0 Å². The van der Waals surface area contributed by atoms with Gasteiger partial charge < -0.3 is 5.32 Å². The first-order chi connectivity index (χ1) is 7.09. The minimum atomic E-state index is -4.19. The summed E-state index contributed by atoms with van der Waals surface area (Å²) in [4.78, 5) is -0.115. The molecular weight excluding hydrogens is 214 g/mol. The van der Waals surface area contributed by atoms with Gasteiger partial charge in [0.25, 0.3) is 10.1 Å². The molecule has 0 fully saturated rings. The van der Waals surface area contributed by atoms with Gasteiger partial charge in [0.1, 0.15) is 4.90 Å². The van der Waals surface area contributed by atoms with Crippen molar-refractivity contribution in [3.63, 3.8) is 0 Å². The number of anilines is 1. The third-order valence-corrected chi connectivity index (χ3v) is 2.94. The maximum atomic E-state index is 11.1. The molecule has 0 atom stereocenters. The van der Waals surface area contributed by atoms with Gasteiger partial charge in [-0.3, -0.25) is 4.55 Å². The fourth-order valence-corrected chi connectivity index (χ4v) is 2.09. The molecule has 1 heterocycles. The molecule has 5 heteroatoms. The number of hydrogen-bond donors (Lipinski definition) is 2. The lowest BCUT2D eigenvalue weighted by Crippen LogP contribution is -2.03. The number of allylic oxidation sites excluding steroid dienone is 2. The highest BCUT2D eigenvalue weighted by Crippen LogP contribution is 2.27. The van der Waals surface area contributed by atoms with Gasteiger partial charge in [0, 0.05) is 6.20 Å². The number of benzene rings is 1. The van der Waals surface area contributed by atoms with Crippen LogP contribution in [0.25, 0.3) is 6.08 Å². The average molecular weight is 223 g/mol. The van der Waals surface area contributed by atoms with Gasteiger partial charge in [-0.1, -0.05) is 24.3 Å². The van der Waals surface area contributed by atoms with Gasteiger partial charge in [-0.2, -0.15) is 8.42 Å². The normalized spacial score (nSPS) is 14.2. The summed E-state index contributed by atoms with van der Waals surface area (Å²) in [6, 6.07) is 4.70. The summed E-state index contributed by atoms with van der Waals surface area (Å²) in [5.74, 6) is 0. The largest absolute Gasteiger partial charge is 0.360 e. The second-order valence-electron chi connectivity index (χ2n) is 3.06. The van der Waals surface area contributed by atoms with Crippen molar-refractivity contribution in [2.24, 2.45) is 0 Å². The van der Waals surface area contributed by atoms with Crippen LogP contribution in [0, 0.1) is 0 Å². The SMILES string of the molecule is O=S(=O)(O)c1cccc2c1NC=CC=C2. The van der Waals surface area contributed by atoms with E-state index in [1.54, 1.807) is 36.6 Å². The van der Waals surface area contributed by atoms with Crippen LogP contribution in [-0.2, 0) is 10.1 Å². The molecule has 0 amide bonds. The summed E-state index contributed by atoms with van der Waals surface area (Å²) in [5, 5.41) is 2.82. The molecule has 0 aliphatic carbocycles. The molecule has 1 aliphatic heterocycles. The smallest absolute Gasteiger partial charge is 0.296 e. The molecule has 0 radical (unpaired) electrons. The molecule has 15 heavy (non-hydrogen) atoms. The fourth-order valence-electron chi connectivity index (χ4n) is 1.40. The highest BCUT2D eigenvalue weighted by molar-refractivity contribution is 7.86. The van der Waals surface area contributed by atoms with Crippen LogP contribution in [0.5, 0.6) is 0 Å². The van der Waals surface area contributed by atoms with E-state index in [0.717, 1.165) is 5.56 Å². The van der Waals surface area contributed by atoms with Gasteiger partial charge >= 0.3 is 0 Å². The van der Waals surface area contributed by atoms with Crippen molar-refractivity contribution in [2.75, 3.05) is 5.32 Å². The first-order valence-electron chi connectivity index (χ1n) is 4.29. The highest BCUT2D eigenvalue weighted by atomic mass is 32.2. The molecular formula is C10H9NO3S. The van der Waals surface area contributed by atoms with Gasteiger partial charge in [0.15, 0.2) is 0 Å². The lowest BCUT2D eigenvalue weighted by Gasteiger charge is -2.08. The second kappa shape index (κ2) is 3.52. The van der Waals surface area contributed by atoms with Crippen molar-refractivity contribution in [1.82, 2.24) is 0 Å². The summed E-state index contributed by atoms with van der Waals surface area (Å²) in [5.41, 5.74) is 1.11. The molecule has 4 nitrogen and oxygen atoms in total. The number of para-hydroxylation sites is 1. The topological polar surface area (TPSA) is 66.4 Å². The predicted octanol–water partition coefficient (Wildman–Crippen LogP) is 1.89. The zero-order valence-corrected chi connectivity index (χ0v) is 8.53. The van der Waals surface area contributed by atoms with E-state index >= 15 is 0 Å².